The number of nitrogens with zero attached hydrogens (tertiary/aromatic N) is 3. The van der Waals surface area contributed by atoms with Crippen LogP contribution in [-0.4, -0.2) is 42.1 Å². The van der Waals surface area contributed by atoms with E-state index in [2.05, 4.69) is 9.97 Å². The Bertz CT molecular complexity index is 998. The Hall–Kier alpha value is -2.26. The van der Waals surface area contributed by atoms with E-state index < -0.39 is 36.1 Å². The molecule has 1 fully saturated rings. The summed E-state index contributed by atoms with van der Waals surface area (Å²) in [7, 11) is 0. The fourth-order valence-corrected chi connectivity index (χ4v) is 3.95. The monoisotopic (exact) mass is 392 g/mol. The van der Waals surface area contributed by atoms with Crippen LogP contribution in [-0.2, 0) is 0 Å². The third-order valence-corrected chi connectivity index (χ3v) is 5.59. The average molecular weight is 393 g/mol. The number of nitrogens with two attached hydrogens (primary N) is 1. The summed E-state index contributed by atoms with van der Waals surface area (Å²) in [5.41, 5.74) is 6.67. The second kappa shape index (κ2) is 6.72. The van der Waals surface area contributed by atoms with Gasteiger partial charge in [0.15, 0.2) is 0 Å². The molecule has 0 unspecified atom stereocenters. The molecule has 1 saturated carbocycles. The van der Waals surface area contributed by atoms with Crippen LogP contribution in [0.1, 0.15) is 24.1 Å². The zero-order valence-corrected chi connectivity index (χ0v) is 14.8. The maximum atomic E-state index is 13.7. The Kier molecular flexibility index (Phi) is 4.51. The van der Waals surface area contributed by atoms with Gasteiger partial charge in [0, 0.05) is 12.1 Å². The molecule has 4 rings (SSSR count). The summed E-state index contributed by atoms with van der Waals surface area (Å²) in [6.45, 7) is 0. The maximum absolute atomic E-state index is 13.7. The van der Waals surface area contributed by atoms with Gasteiger partial charge in [0.05, 0.1) is 28.7 Å². The van der Waals surface area contributed by atoms with E-state index >= 15 is 0 Å². The Balaban J connectivity index is 1.66. The number of fused-ring (bicyclic) bond motifs is 1. The van der Waals surface area contributed by atoms with Crippen molar-refractivity contribution in [2.75, 3.05) is 5.73 Å². The summed E-state index contributed by atoms with van der Waals surface area (Å²) < 4.78 is 15.4. The Morgan fingerprint density at radius 1 is 1.22 bits per heavy atom. The predicted octanol–water partition coefficient (Wildman–Crippen LogP) is 1.82. The molecule has 142 valence electrons. The minimum Gasteiger partial charge on any atom is -0.390 e. The van der Waals surface area contributed by atoms with Crippen molar-refractivity contribution < 1.29 is 19.7 Å². The molecule has 0 aliphatic heterocycles. The van der Waals surface area contributed by atoms with Crippen LogP contribution in [0.5, 0.6) is 0 Å². The van der Waals surface area contributed by atoms with Gasteiger partial charge in [-0.25, -0.2) is 14.4 Å². The summed E-state index contributed by atoms with van der Waals surface area (Å²) in [5.74, 6) is -1.02. The highest BCUT2D eigenvalue weighted by Crippen LogP contribution is 2.43. The van der Waals surface area contributed by atoms with E-state index in [4.69, 9.17) is 17.3 Å². The van der Waals surface area contributed by atoms with Crippen LogP contribution < -0.4 is 5.73 Å². The highest BCUT2D eigenvalue weighted by molar-refractivity contribution is 6.30. The molecule has 0 saturated heterocycles. The van der Waals surface area contributed by atoms with Crippen LogP contribution in [0.15, 0.2) is 36.8 Å². The molecular formula is C18H18ClFN4O3. The maximum Gasteiger partial charge on any atom is 0.145 e. The standard InChI is InChI=1S/C18H18ClFN4O3/c19-11-2-1-8(5-12(11)20)14(25)10-6-13(16(27)15(10)26)24-4-3-9-17(21)22-7-23-18(9)24/h1-5,7,10,13-16,25-27H,6H2,(H2,21,22,23)/t10-,13-,14+,15-,16+/m1/s1. The fraction of sp³-hybridized carbons (Fsp3) is 0.333. The molecule has 2 aromatic heterocycles. The van der Waals surface area contributed by atoms with Gasteiger partial charge in [-0.15, -0.1) is 0 Å². The molecule has 5 N–H and O–H groups in total. The van der Waals surface area contributed by atoms with Crippen LogP contribution in [0, 0.1) is 11.7 Å². The van der Waals surface area contributed by atoms with E-state index in [0.29, 0.717) is 16.9 Å². The van der Waals surface area contributed by atoms with E-state index in [0.717, 1.165) is 6.07 Å². The zero-order chi connectivity index (χ0) is 19.3. The number of aromatic nitrogens is 3. The van der Waals surface area contributed by atoms with Crippen molar-refractivity contribution in [1.29, 1.82) is 0 Å². The van der Waals surface area contributed by atoms with Gasteiger partial charge in [-0.3, -0.25) is 0 Å². The Morgan fingerprint density at radius 2 is 2.00 bits per heavy atom. The van der Waals surface area contributed by atoms with Crippen molar-refractivity contribution in [2.45, 2.75) is 30.8 Å². The van der Waals surface area contributed by atoms with Crippen LogP contribution in [0.2, 0.25) is 5.02 Å². The van der Waals surface area contributed by atoms with Crippen LogP contribution in [0.3, 0.4) is 0 Å². The van der Waals surface area contributed by atoms with Gasteiger partial charge in [-0.2, -0.15) is 0 Å². The molecule has 0 amide bonds. The second-order valence-electron chi connectivity index (χ2n) is 6.79. The number of aliphatic hydroxyl groups is 3. The number of benzene rings is 1. The second-order valence-corrected chi connectivity index (χ2v) is 7.19. The molecule has 1 aromatic carbocycles. The molecule has 0 radical (unpaired) electrons. The molecule has 3 aromatic rings. The van der Waals surface area contributed by atoms with E-state index in [1.165, 1.54) is 18.5 Å². The lowest BCUT2D eigenvalue weighted by atomic mass is 9.92. The van der Waals surface area contributed by atoms with Crippen molar-refractivity contribution in [3.8, 4) is 0 Å². The predicted molar refractivity (Wildman–Crippen MR) is 97.5 cm³/mol. The van der Waals surface area contributed by atoms with Crippen LogP contribution >= 0.6 is 11.6 Å². The van der Waals surface area contributed by atoms with E-state index in [1.807, 2.05) is 0 Å². The number of halogens is 2. The number of rotatable bonds is 3. The molecule has 0 spiro atoms. The van der Waals surface area contributed by atoms with Gasteiger partial charge in [0.1, 0.15) is 29.7 Å². The molecule has 27 heavy (non-hydrogen) atoms. The smallest absolute Gasteiger partial charge is 0.145 e. The largest absolute Gasteiger partial charge is 0.390 e. The molecule has 1 aliphatic rings. The van der Waals surface area contributed by atoms with Gasteiger partial charge < -0.3 is 25.6 Å². The number of hydrogen-bond donors (Lipinski definition) is 4. The minimum absolute atomic E-state index is 0.0492. The lowest BCUT2D eigenvalue weighted by molar-refractivity contribution is -0.0265. The third kappa shape index (κ3) is 2.94. The SMILES string of the molecule is Nc1ncnc2c1ccn2[C@@H]1C[C@H]([C@@H](O)c2ccc(Cl)c(F)c2)[C@@H](O)[C@H]1O. The summed E-state index contributed by atoms with van der Waals surface area (Å²) in [6, 6.07) is 5.20. The third-order valence-electron chi connectivity index (χ3n) is 5.28. The molecule has 2 heterocycles. The Labute approximate surface area is 158 Å². The first-order valence-corrected chi connectivity index (χ1v) is 8.82. The van der Waals surface area contributed by atoms with Gasteiger partial charge in [-0.05, 0) is 30.2 Å². The molecule has 5 atom stereocenters. The van der Waals surface area contributed by atoms with Crippen molar-refractivity contribution in [3.05, 3.63) is 53.2 Å². The first-order valence-electron chi connectivity index (χ1n) is 8.44. The quantitative estimate of drug-likeness (QED) is 0.540. The molecule has 1 aliphatic carbocycles. The van der Waals surface area contributed by atoms with Gasteiger partial charge in [0.25, 0.3) is 0 Å². The van der Waals surface area contributed by atoms with Crippen molar-refractivity contribution in [1.82, 2.24) is 14.5 Å². The van der Waals surface area contributed by atoms with Crippen LogP contribution in [0.25, 0.3) is 11.0 Å². The first kappa shape index (κ1) is 18.1. The van der Waals surface area contributed by atoms with Crippen molar-refractivity contribution in [3.63, 3.8) is 0 Å². The zero-order valence-electron chi connectivity index (χ0n) is 14.1. The van der Waals surface area contributed by atoms with E-state index in [-0.39, 0.29) is 17.0 Å². The van der Waals surface area contributed by atoms with E-state index in [1.54, 1.807) is 16.8 Å². The molecule has 9 heteroatoms. The highest BCUT2D eigenvalue weighted by atomic mass is 35.5. The molecule has 7 nitrogen and oxygen atoms in total. The fourth-order valence-electron chi connectivity index (χ4n) is 3.83. The number of nitrogen functional groups attached to an aromatic ring is 1. The highest BCUT2D eigenvalue weighted by Gasteiger charge is 2.46. The first-order chi connectivity index (χ1) is 12.9. The minimum atomic E-state index is -1.19. The van der Waals surface area contributed by atoms with Gasteiger partial charge in [0.2, 0.25) is 0 Å². The number of hydrogen-bond acceptors (Lipinski definition) is 6. The number of aliphatic hydroxyl groups excluding tert-OH is 3. The molecule has 0 bridgehead atoms. The van der Waals surface area contributed by atoms with Gasteiger partial charge >= 0.3 is 0 Å². The number of anilines is 1. The molecular weight excluding hydrogens is 375 g/mol. The summed E-state index contributed by atoms with van der Waals surface area (Å²) >= 11 is 5.68. The van der Waals surface area contributed by atoms with Crippen LogP contribution in [0.4, 0.5) is 10.2 Å². The topological polar surface area (TPSA) is 117 Å². The van der Waals surface area contributed by atoms with E-state index in [9.17, 15) is 19.7 Å². The Morgan fingerprint density at radius 3 is 2.74 bits per heavy atom. The summed E-state index contributed by atoms with van der Waals surface area (Å²) in [5, 5.41) is 32.3. The summed E-state index contributed by atoms with van der Waals surface area (Å²) in [4.78, 5) is 8.14. The van der Waals surface area contributed by atoms with Crippen molar-refractivity contribution >= 4 is 28.5 Å². The van der Waals surface area contributed by atoms with Crippen molar-refractivity contribution in [2.24, 2.45) is 5.92 Å². The lowest BCUT2D eigenvalue weighted by Crippen LogP contribution is -2.31. The lowest BCUT2D eigenvalue weighted by Gasteiger charge is -2.22. The van der Waals surface area contributed by atoms with Gasteiger partial charge in [-0.1, -0.05) is 17.7 Å². The summed E-state index contributed by atoms with van der Waals surface area (Å²) in [6.07, 6.45) is -0.176. The normalized spacial score (nSPS) is 26.6. The average Bonchev–Trinajstić information content (AvgIpc) is 3.20.